The molecule has 0 unspecified atom stereocenters. The number of aromatic amines is 1. The van der Waals surface area contributed by atoms with Crippen molar-refractivity contribution in [1.29, 1.82) is 0 Å². The van der Waals surface area contributed by atoms with Gasteiger partial charge >= 0.3 is 5.69 Å². The maximum Gasteiger partial charge on any atom is 0.327 e. The quantitative estimate of drug-likeness (QED) is 0.735. The second-order valence-corrected chi connectivity index (χ2v) is 6.50. The number of nitrogens with two attached hydrogens (primary N) is 1. The van der Waals surface area contributed by atoms with E-state index in [0.717, 1.165) is 24.0 Å². The number of carbonyl (C=O) groups is 1. The van der Waals surface area contributed by atoms with E-state index in [1.54, 1.807) is 0 Å². The van der Waals surface area contributed by atoms with Gasteiger partial charge in [0.15, 0.2) is 17.2 Å². The van der Waals surface area contributed by atoms with Crippen molar-refractivity contribution in [3.8, 4) is 11.4 Å². The lowest BCUT2D eigenvalue weighted by atomic mass is 10.1. The topological polar surface area (TPSA) is 116 Å². The van der Waals surface area contributed by atoms with E-state index in [1.165, 1.54) is 4.57 Å². The number of nitrogens with zero attached hydrogens (tertiary/aromatic N) is 3. The van der Waals surface area contributed by atoms with E-state index in [0.29, 0.717) is 24.6 Å². The van der Waals surface area contributed by atoms with Gasteiger partial charge in [-0.2, -0.15) is 0 Å². The standard InChI is InChI=1S/C18H19N5O3/c1-10-4-2-5-11(8-10)16-20-13(15(19)24)14-17(22-16)23(18(25)21-14)9-12-6-3-7-26-12/h2,4-5,8,12H,3,6-7,9H2,1H3,(H2,19,24)(H,21,25)/t12-/m1/s1. The fraction of sp³-hybridized carbons (Fsp3) is 0.333. The number of H-pyrrole nitrogens is 1. The third-order valence-electron chi connectivity index (χ3n) is 4.54. The van der Waals surface area contributed by atoms with Crippen LogP contribution in [0.4, 0.5) is 0 Å². The number of hydrogen-bond acceptors (Lipinski definition) is 5. The van der Waals surface area contributed by atoms with E-state index >= 15 is 0 Å². The van der Waals surface area contributed by atoms with Gasteiger partial charge in [0.1, 0.15) is 5.52 Å². The van der Waals surface area contributed by atoms with E-state index in [9.17, 15) is 9.59 Å². The van der Waals surface area contributed by atoms with Crippen molar-refractivity contribution in [2.75, 3.05) is 6.61 Å². The molecular formula is C18H19N5O3. The first-order valence-electron chi connectivity index (χ1n) is 8.52. The molecule has 0 aliphatic carbocycles. The summed E-state index contributed by atoms with van der Waals surface area (Å²) >= 11 is 0. The van der Waals surface area contributed by atoms with Gasteiger partial charge in [-0.05, 0) is 25.8 Å². The van der Waals surface area contributed by atoms with Gasteiger partial charge in [0.05, 0.1) is 12.6 Å². The molecule has 0 radical (unpaired) electrons. The SMILES string of the molecule is Cc1cccc(-c2nc(C(N)=O)c3[nH]c(=O)n(C[C@H]4CCCO4)c3n2)c1. The summed E-state index contributed by atoms with van der Waals surface area (Å²) in [5.41, 5.74) is 7.57. The molecule has 3 N–H and O–H groups in total. The Morgan fingerprint density at radius 2 is 2.27 bits per heavy atom. The molecule has 26 heavy (non-hydrogen) atoms. The van der Waals surface area contributed by atoms with Gasteiger partial charge in [0.25, 0.3) is 5.91 Å². The predicted molar refractivity (Wildman–Crippen MR) is 95.8 cm³/mol. The number of hydrogen-bond donors (Lipinski definition) is 2. The van der Waals surface area contributed by atoms with Crippen LogP contribution in [0.25, 0.3) is 22.6 Å². The first kappa shape index (κ1) is 16.5. The summed E-state index contributed by atoms with van der Waals surface area (Å²) < 4.78 is 7.13. The zero-order valence-corrected chi connectivity index (χ0v) is 14.4. The molecule has 3 heterocycles. The van der Waals surface area contributed by atoms with Crippen molar-refractivity contribution in [1.82, 2.24) is 19.5 Å². The first-order valence-corrected chi connectivity index (χ1v) is 8.52. The van der Waals surface area contributed by atoms with Gasteiger partial charge in [0.2, 0.25) is 0 Å². The van der Waals surface area contributed by atoms with Gasteiger partial charge < -0.3 is 15.5 Å². The molecule has 2 aromatic heterocycles. The van der Waals surface area contributed by atoms with Crippen molar-refractivity contribution < 1.29 is 9.53 Å². The molecule has 1 saturated heterocycles. The van der Waals surface area contributed by atoms with Gasteiger partial charge in [-0.3, -0.25) is 9.36 Å². The molecule has 134 valence electrons. The smallest absolute Gasteiger partial charge is 0.327 e. The molecule has 8 nitrogen and oxygen atoms in total. The largest absolute Gasteiger partial charge is 0.376 e. The van der Waals surface area contributed by atoms with Crippen molar-refractivity contribution >= 4 is 17.1 Å². The zero-order valence-electron chi connectivity index (χ0n) is 14.4. The lowest BCUT2D eigenvalue weighted by Gasteiger charge is -2.10. The van der Waals surface area contributed by atoms with Crippen LogP contribution in [0.3, 0.4) is 0 Å². The van der Waals surface area contributed by atoms with E-state index in [2.05, 4.69) is 15.0 Å². The number of benzene rings is 1. The molecule has 3 aromatic rings. The number of imidazole rings is 1. The molecule has 1 amide bonds. The summed E-state index contributed by atoms with van der Waals surface area (Å²) in [4.78, 5) is 35.9. The van der Waals surface area contributed by atoms with Crippen LogP contribution in [0.1, 0.15) is 28.9 Å². The highest BCUT2D eigenvalue weighted by molar-refractivity contribution is 6.01. The van der Waals surface area contributed by atoms with Crippen LogP contribution in [-0.4, -0.2) is 38.1 Å². The highest BCUT2D eigenvalue weighted by atomic mass is 16.5. The van der Waals surface area contributed by atoms with Crippen LogP contribution >= 0.6 is 0 Å². The maximum atomic E-state index is 12.4. The monoisotopic (exact) mass is 353 g/mol. The minimum Gasteiger partial charge on any atom is -0.376 e. The van der Waals surface area contributed by atoms with E-state index in [1.807, 2.05) is 31.2 Å². The zero-order chi connectivity index (χ0) is 18.3. The van der Waals surface area contributed by atoms with Crippen LogP contribution in [-0.2, 0) is 11.3 Å². The van der Waals surface area contributed by atoms with E-state index in [-0.39, 0.29) is 23.0 Å². The number of amides is 1. The van der Waals surface area contributed by atoms with Crippen molar-refractivity contribution in [2.45, 2.75) is 32.4 Å². The summed E-state index contributed by atoms with van der Waals surface area (Å²) in [7, 11) is 0. The minimum absolute atomic E-state index is 0.00898. The molecule has 4 rings (SSSR count). The molecule has 0 saturated carbocycles. The maximum absolute atomic E-state index is 12.4. The predicted octanol–water partition coefficient (Wildman–Crippen LogP) is 1.37. The molecular weight excluding hydrogens is 334 g/mol. The summed E-state index contributed by atoms with van der Waals surface area (Å²) in [6.07, 6.45) is 1.82. The first-order chi connectivity index (χ1) is 12.5. The molecule has 1 aliphatic heterocycles. The molecule has 8 heteroatoms. The van der Waals surface area contributed by atoms with Gasteiger partial charge in [-0.1, -0.05) is 23.8 Å². The third-order valence-corrected chi connectivity index (χ3v) is 4.54. The summed E-state index contributed by atoms with van der Waals surface area (Å²) in [5, 5.41) is 0. The average molecular weight is 353 g/mol. The molecule has 1 fully saturated rings. The Morgan fingerprint density at radius 3 is 2.96 bits per heavy atom. The van der Waals surface area contributed by atoms with Gasteiger partial charge in [-0.15, -0.1) is 0 Å². The number of carbonyl (C=O) groups excluding carboxylic acids is 1. The Balaban J connectivity index is 1.91. The number of nitrogens with one attached hydrogen (secondary N) is 1. The number of aryl methyl sites for hydroxylation is 1. The Hall–Kier alpha value is -3.00. The molecule has 0 bridgehead atoms. The number of fused-ring (bicyclic) bond motifs is 1. The number of rotatable bonds is 4. The van der Waals surface area contributed by atoms with Crippen LogP contribution in [0.15, 0.2) is 29.1 Å². The Labute approximate surface area is 149 Å². The fourth-order valence-electron chi connectivity index (χ4n) is 3.28. The molecule has 0 spiro atoms. The van der Waals surface area contributed by atoms with Gasteiger partial charge in [0, 0.05) is 12.2 Å². The van der Waals surface area contributed by atoms with Crippen LogP contribution in [0, 0.1) is 6.92 Å². The van der Waals surface area contributed by atoms with Crippen molar-refractivity contribution in [3.63, 3.8) is 0 Å². The van der Waals surface area contributed by atoms with Crippen molar-refractivity contribution in [3.05, 3.63) is 46.0 Å². The molecule has 1 aliphatic rings. The summed E-state index contributed by atoms with van der Waals surface area (Å²) in [6.45, 7) is 3.03. The highest BCUT2D eigenvalue weighted by Crippen LogP contribution is 2.22. The lowest BCUT2D eigenvalue weighted by Crippen LogP contribution is -2.24. The second kappa shape index (κ2) is 6.38. The van der Waals surface area contributed by atoms with Crippen LogP contribution in [0.5, 0.6) is 0 Å². The van der Waals surface area contributed by atoms with Crippen LogP contribution < -0.4 is 11.4 Å². The molecule has 1 aromatic carbocycles. The lowest BCUT2D eigenvalue weighted by molar-refractivity contribution is 0.0970. The summed E-state index contributed by atoms with van der Waals surface area (Å²) in [5.74, 6) is -0.355. The Kier molecular flexibility index (Phi) is 4.04. The average Bonchev–Trinajstić information content (AvgIpc) is 3.23. The summed E-state index contributed by atoms with van der Waals surface area (Å²) in [6, 6.07) is 7.62. The number of aromatic nitrogens is 4. The highest BCUT2D eigenvalue weighted by Gasteiger charge is 2.23. The van der Waals surface area contributed by atoms with E-state index in [4.69, 9.17) is 10.5 Å². The van der Waals surface area contributed by atoms with Gasteiger partial charge in [-0.25, -0.2) is 14.8 Å². The third kappa shape index (κ3) is 2.88. The number of ether oxygens (including phenoxy) is 1. The molecule has 1 atom stereocenters. The van der Waals surface area contributed by atoms with Crippen molar-refractivity contribution in [2.24, 2.45) is 5.73 Å². The fourth-order valence-corrected chi connectivity index (χ4v) is 3.28. The minimum atomic E-state index is -0.711. The Morgan fingerprint density at radius 1 is 1.42 bits per heavy atom. The Bertz CT molecular complexity index is 1050. The van der Waals surface area contributed by atoms with E-state index < -0.39 is 5.91 Å². The normalized spacial score (nSPS) is 17.0. The number of primary amides is 1. The second-order valence-electron chi connectivity index (χ2n) is 6.50. The van der Waals surface area contributed by atoms with Crippen LogP contribution in [0.2, 0.25) is 0 Å².